The summed E-state index contributed by atoms with van der Waals surface area (Å²) in [4.78, 5) is 20.6. The molecule has 0 fully saturated rings. The molecule has 0 aliphatic carbocycles. The lowest BCUT2D eigenvalue weighted by molar-refractivity contribution is -0.130. The fourth-order valence-corrected chi connectivity index (χ4v) is 3.58. The molecule has 0 aliphatic rings. The summed E-state index contributed by atoms with van der Waals surface area (Å²) < 4.78 is 11.2. The summed E-state index contributed by atoms with van der Waals surface area (Å²) >= 11 is 0. The SMILES string of the molecule is CCCCCCCCC=C(C(=O)O)c1ccc(-c2ncc(OCCCCOCCC)cn2)cc1. The van der Waals surface area contributed by atoms with Gasteiger partial charge in [-0.15, -0.1) is 0 Å². The maximum absolute atomic E-state index is 11.8. The minimum Gasteiger partial charge on any atom is -0.490 e. The number of benzene rings is 1. The number of allylic oxidation sites excluding steroid dienone is 1. The van der Waals surface area contributed by atoms with Gasteiger partial charge >= 0.3 is 5.97 Å². The number of nitrogens with zero attached hydrogens (tertiary/aromatic N) is 2. The fraction of sp³-hybridized carbons (Fsp3) is 0.536. The maximum Gasteiger partial charge on any atom is 0.335 e. The molecule has 0 atom stereocenters. The second-order valence-corrected chi connectivity index (χ2v) is 8.47. The third-order valence-electron chi connectivity index (χ3n) is 5.52. The highest BCUT2D eigenvalue weighted by Crippen LogP contribution is 2.22. The second kappa shape index (κ2) is 16.8. The van der Waals surface area contributed by atoms with E-state index in [2.05, 4.69) is 23.8 Å². The van der Waals surface area contributed by atoms with Crippen LogP contribution in [0.5, 0.6) is 5.75 Å². The summed E-state index contributed by atoms with van der Waals surface area (Å²) in [6.45, 7) is 6.49. The molecule has 34 heavy (non-hydrogen) atoms. The van der Waals surface area contributed by atoms with Crippen LogP contribution in [0.1, 0.15) is 83.6 Å². The van der Waals surface area contributed by atoms with Crippen molar-refractivity contribution in [1.29, 1.82) is 0 Å². The zero-order chi connectivity index (χ0) is 24.4. The highest BCUT2D eigenvalue weighted by atomic mass is 16.5. The van der Waals surface area contributed by atoms with Crippen LogP contribution in [0.3, 0.4) is 0 Å². The average Bonchev–Trinajstić information content (AvgIpc) is 2.85. The second-order valence-electron chi connectivity index (χ2n) is 8.47. The van der Waals surface area contributed by atoms with Gasteiger partial charge in [0.1, 0.15) is 0 Å². The molecular formula is C28H40N2O4. The zero-order valence-corrected chi connectivity index (χ0v) is 20.8. The van der Waals surface area contributed by atoms with Crippen LogP contribution in [0.2, 0.25) is 0 Å². The highest BCUT2D eigenvalue weighted by molar-refractivity contribution is 6.15. The molecule has 6 nitrogen and oxygen atoms in total. The molecule has 0 saturated carbocycles. The van der Waals surface area contributed by atoms with Crippen LogP contribution in [-0.2, 0) is 9.53 Å². The molecule has 2 rings (SSSR count). The molecule has 186 valence electrons. The number of carboxylic acids is 1. The van der Waals surface area contributed by atoms with Gasteiger partial charge in [0.15, 0.2) is 11.6 Å². The van der Waals surface area contributed by atoms with Gasteiger partial charge in [-0.3, -0.25) is 0 Å². The van der Waals surface area contributed by atoms with E-state index < -0.39 is 5.97 Å². The number of carbonyl (C=O) groups is 1. The molecule has 1 heterocycles. The number of rotatable bonds is 18. The minimum atomic E-state index is -0.895. The van der Waals surface area contributed by atoms with Crippen LogP contribution in [0.15, 0.2) is 42.7 Å². The number of hydrogen-bond acceptors (Lipinski definition) is 5. The van der Waals surface area contributed by atoms with Gasteiger partial charge in [0.25, 0.3) is 0 Å². The van der Waals surface area contributed by atoms with Gasteiger partial charge in [0, 0.05) is 18.8 Å². The van der Waals surface area contributed by atoms with Crippen molar-refractivity contribution >= 4 is 11.5 Å². The first-order chi connectivity index (χ1) is 16.7. The molecule has 1 aromatic carbocycles. The Balaban J connectivity index is 1.84. The van der Waals surface area contributed by atoms with Crippen molar-refractivity contribution < 1.29 is 19.4 Å². The summed E-state index contributed by atoms with van der Waals surface area (Å²) in [5, 5.41) is 9.64. The van der Waals surface area contributed by atoms with Gasteiger partial charge in [-0.05, 0) is 37.7 Å². The molecule has 1 N–H and O–H groups in total. The van der Waals surface area contributed by atoms with E-state index in [1.54, 1.807) is 12.4 Å². The molecule has 0 saturated heterocycles. The van der Waals surface area contributed by atoms with Crippen molar-refractivity contribution in [2.45, 2.75) is 78.1 Å². The number of hydrogen-bond donors (Lipinski definition) is 1. The molecule has 0 radical (unpaired) electrons. The molecular weight excluding hydrogens is 428 g/mol. The smallest absolute Gasteiger partial charge is 0.335 e. The van der Waals surface area contributed by atoms with Crippen LogP contribution in [0.25, 0.3) is 17.0 Å². The van der Waals surface area contributed by atoms with Crippen molar-refractivity contribution in [3.05, 3.63) is 48.3 Å². The third-order valence-corrected chi connectivity index (χ3v) is 5.52. The Morgan fingerprint density at radius 2 is 1.53 bits per heavy atom. The Morgan fingerprint density at radius 3 is 2.21 bits per heavy atom. The fourth-order valence-electron chi connectivity index (χ4n) is 3.58. The van der Waals surface area contributed by atoms with Crippen LogP contribution in [0.4, 0.5) is 0 Å². The van der Waals surface area contributed by atoms with E-state index in [9.17, 15) is 9.90 Å². The van der Waals surface area contributed by atoms with Crippen LogP contribution in [0, 0.1) is 0 Å². The van der Waals surface area contributed by atoms with Crippen molar-refractivity contribution in [2.24, 2.45) is 0 Å². The van der Waals surface area contributed by atoms with Crippen molar-refractivity contribution in [2.75, 3.05) is 19.8 Å². The number of aliphatic carboxylic acids is 1. The summed E-state index contributed by atoms with van der Waals surface area (Å²) in [6, 6.07) is 7.38. The lowest BCUT2D eigenvalue weighted by Gasteiger charge is -2.08. The first kappa shape index (κ1) is 27.5. The summed E-state index contributed by atoms with van der Waals surface area (Å²) in [5.41, 5.74) is 1.89. The lowest BCUT2D eigenvalue weighted by Crippen LogP contribution is -2.02. The normalized spacial score (nSPS) is 11.5. The quantitative estimate of drug-likeness (QED) is 0.188. The Labute approximate surface area is 204 Å². The molecule has 0 amide bonds. The van der Waals surface area contributed by atoms with Crippen LogP contribution >= 0.6 is 0 Å². The van der Waals surface area contributed by atoms with Gasteiger partial charge in [0.2, 0.25) is 0 Å². The Morgan fingerprint density at radius 1 is 0.853 bits per heavy atom. The summed E-state index contributed by atoms with van der Waals surface area (Å²) in [7, 11) is 0. The first-order valence-corrected chi connectivity index (χ1v) is 12.7. The molecule has 0 aliphatic heterocycles. The van der Waals surface area contributed by atoms with E-state index in [0.717, 1.165) is 57.3 Å². The van der Waals surface area contributed by atoms with E-state index >= 15 is 0 Å². The predicted octanol–water partition coefficient (Wildman–Crippen LogP) is 6.95. The topological polar surface area (TPSA) is 81.5 Å². The third kappa shape index (κ3) is 10.5. The van der Waals surface area contributed by atoms with Gasteiger partial charge in [-0.25, -0.2) is 14.8 Å². The zero-order valence-electron chi connectivity index (χ0n) is 20.8. The van der Waals surface area contributed by atoms with Crippen molar-refractivity contribution in [3.63, 3.8) is 0 Å². The number of unbranched alkanes of at least 4 members (excludes halogenated alkanes) is 7. The van der Waals surface area contributed by atoms with Gasteiger partial charge in [-0.1, -0.05) is 76.3 Å². The summed E-state index contributed by atoms with van der Waals surface area (Å²) in [6.07, 6.45) is 16.1. The van der Waals surface area contributed by atoms with E-state index in [0.29, 0.717) is 29.3 Å². The average molecular weight is 469 g/mol. The molecule has 2 aromatic rings. The largest absolute Gasteiger partial charge is 0.490 e. The van der Waals surface area contributed by atoms with Gasteiger partial charge in [-0.2, -0.15) is 0 Å². The van der Waals surface area contributed by atoms with E-state index in [1.807, 2.05) is 30.3 Å². The Kier molecular flexibility index (Phi) is 13.6. The number of ether oxygens (including phenoxy) is 2. The van der Waals surface area contributed by atoms with Crippen LogP contribution in [-0.4, -0.2) is 40.9 Å². The lowest BCUT2D eigenvalue weighted by atomic mass is 10.0. The van der Waals surface area contributed by atoms with Crippen molar-refractivity contribution in [1.82, 2.24) is 9.97 Å². The predicted molar refractivity (Wildman–Crippen MR) is 137 cm³/mol. The number of carboxylic acid groups (broad SMARTS) is 1. The minimum absolute atomic E-state index is 0.352. The van der Waals surface area contributed by atoms with Gasteiger partial charge in [0.05, 0.1) is 24.6 Å². The van der Waals surface area contributed by atoms with Gasteiger partial charge < -0.3 is 14.6 Å². The monoisotopic (exact) mass is 468 g/mol. The standard InChI is InChI=1S/C28H40N2O4/c1-3-5-6-7-8-9-10-13-26(28(31)32)23-14-16-24(17-15-23)27-29-21-25(22-30-27)34-20-12-11-19-33-18-4-2/h13-17,21-22H,3-12,18-20H2,1-2H3,(H,31,32). The van der Waals surface area contributed by atoms with E-state index in [-0.39, 0.29) is 0 Å². The Hall–Kier alpha value is -2.73. The van der Waals surface area contributed by atoms with Crippen LogP contribution < -0.4 is 4.74 Å². The maximum atomic E-state index is 11.8. The molecule has 1 aromatic heterocycles. The summed E-state index contributed by atoms with van der Waals surface area (Å²) in [5.74, 6) is 0.328. The van der Waals surface area contributed by atoms with Crippen molar-refractivity contribution in [3.8, 4) is 17.1 Å². The number of aromatic nitrogens is 2. The van der Waals surface area contributed by atoms with E-state index in [4.69, 9.17) is 9.47 Å². The molecule has 6 heteroatoms. The molecule has 0 spiro atoms. The molecule has 0 unspecified atom stereocenters. The first-order valence-electron chi connectivity index (χ1n) is 12.7. The molecule has 0 bridgehead atoms. The highest BCUT2D eigenvalue weighted by Gasteiger charge is 2.11. The Bertz CT molecular complexity index is 848. The van der Waals surface area contributed by atoms with E-state index in [1.165, 1.54) is 25.7 Å².